The highest BCUT2D eigenvalue weighted by molar-refractivity contribution is 7.85. The van der Waals surface area contributed by atoms with E-state index in [0.717, 1.165) is 25.7 Å². The van der Waals surface area contributed by atoms with Crippen molar-refractivity contribution in [2.24, 2.45) is 11.8 Å². The van der Waals surface area contributed by atoms with Gasteiger partial charge in [0, 0.05) is 6.42 Å². The van der Waals surface area contributed by atoms with E-state index in [0.29, 0.717) is 38.2 Å². The van der Waals surface area contributed by atoms with E-state index in [9.17, 15) is 13.2 Å². The van der Waals surface area contributed by atoms with Gasteiger partial charge < -0.3 is 14.2 Å². The fraction of sp³-hybridized carbons (Fsp3) is 0.667. The third kappa shape index (κ3) is 7.70. The second-order valence-electron chi connectivity index (χ2n) is 7.67. The summed E-state index contributed by atoms with van der Waals surface area (Å²) in [5.41, 5.74) is 0.713. The molecule has 0 spiro atoms. The van der Waals surface area contributed by atoms with Gasteiger partial charge >= 0.3 is 5.97 Å². The van der Waals surface area contributed by atoms with Gasteiger partial charge in [-0.05, 0) is 43.6 Å². The number of carbonyl (C=O) groups is 1. The molecule has 2 fully saturated rings. The van der Waals surface area contributed by atoms with Gasteiger partial charge in [0.05, 0.1) is 32.3 Å². The Morgan fingerprint density at radius 1 is 1.03 bits per heavy atom. The van der Waals surface area contributed by atoms with Crippen LogP contribution in [-0.4, -0.2) is 47.1 Å². The Labute approximate surface area is 172 Å². The first-order valence-corrected chi connectivity index (χ1v) is 11.9. The van der Waals surface area contributed by atoms with Crippen molar-refractivity contribution in [1.82, 2.24) is 0 Å². The maximum Gasteiger partial charge on any atom is 0.308 e. The fourth-order valence-electron chi connectivity index (χ4n) is 3.70. The lowest BCUT2D eigenvalue weighted by molar-refractivity contribution is -0.150. The monoisotopic (exact) mass is 426 g/mol. The molecular formula is C21H30O7S. The summed E-state index contributed by atoms with van der Waals surface area (Å²) < 4.78 is 45.6. The fourth-order valence-corrected chi connectivity index (χ4v) is 4.78. The van der Waals surface area contributed by atoms with Gasteiger partial charge in [-0.1, -0.05) is 30.3 Å². The zero-order valence-corrected chi connectivity index (χ0v) is 17.5. The molecule has 1 aliphatic carbocycles. The number of rotatable bonds is 10. The minimum absolute atomic E-state index is 0.105. The Morgan fingerprint density at radius 3 is 2.41 bits per heavy atom. The minimum Gasteiger partial charge on any atom is -0.465 e. The van der Waals surface area contributed by atoms with Crippen LogP contribution in [0, 0.1) is 11.8 Å². The number of benzene rings is 1. The average Bonchev–Trinajstić information content (AvgIpc) is 3.24. The van der Waals surface area contributed by atoms with Crippen molar-refractivity contribution in [3.8, 4) is 0 Å². The Balaban J connectivity index is 1.29. The summed E-state index contributed by atoms with van der Waals surface area (Å²) in [5.74, 6) is -0.228. The summed E-state index contributed by atoms with van der Waals surface area (Å²) >= 11 is 0. The van der Waals surface area contributed by atoms with Crippen molar-refractivity contribution in [1.29, 1.82) is 0 Å². The quantitative estimate of drug-likeness (QED) is 0.323. The molecule has 1 aliphatic heterocycles. The molecule has 1 saturated carbocycles. The highest BCUT2D eigenvalue weighted by Crippen LogP contribution is 2.30. The van der Waals surface area contributed by atoms with Crippen molar-refractivity contribution in [2.75, 3.05) is 26.4 Å². The van der Waals surface area contributed by atoms with Gasteiger partial charge in [0.1, 0.15) is 5.75 Å². The van der Waals surface area contributed by atoms with Gasteiger partial charge in [0.25, 0.3) is 10.1 Å². The summed E-state index contributed by atoms with van der Waals surface area (Å²) in [6.45, 7) is 1.82. The third-order valence-electron chi connectivity index (χ3n) is 5.37. The van der Waals surface area contributed by atoms with Crippen molar-refractivity contribution in [3.05, 3.63) is 35.9 Å². The van der Waals surface area contributed by atoms with Gasteiger partial charge in [-0.25, -0.2) is 0 Å². The third-order valence-corrected chi connectivity index (χ3v) is 6.55. The van der Waals surface area contributed by atoms with Gasteiger partial charge in [-0.2, -0.15) is 8.42 Å². The van der Waals surface area contributed by atoms with Crippen LogP contribution < -0.4 is 0 Å². The summed E-state index contributed by atoms with van der Waals surface area (Å²) in [5, 5.41) is 0. The first kappa shape index (κ1) is 22.2. The van der Waals surface area contributed by atoms with Crippen molar-refractivity contribution >= 4 is 16.1 Å². The molecular weight excluding hydrogens is 396 g/mol. The lowest BCUT2D eigenvalue weighted by Gasteiger charge is -2.26. The van der Waals surface area contributed by atoms with Crippen LogP contribution in [-0.2, 0) is 39.1 Å². The molecule has 2 aliphatic rings. The van der Waals surface area contributed by atoms with E-state index in [-0.39, 0.29) is 36.5 Å². The lowest BCUT2D eigenvalue weighted by Crippen LogP contribution is -2.26. The Bertz CT molecular complexity index is 721. The van der Waals surface area contributed by atoms with E-state index in [4.69, 9.17) is 18.4 Å². The molecule has 7 nitrogen and oxygen atoms in total. The van der Waals surface area contributed by atoms with Crippen LogP contribution in [0.3, 0.4) is 0 Å². The molecule has 0 amide bonds. The molecule has 1 saturated heterocycles. The average molecular weight is 427 g/mol. The Morgan fingerprint density at radius 2 is 1.72 bits per heavy atom. The Hall–Kier alpha value is -1.48. The van der Waals surface area contributed by atoms with Crippen LogP contribution in [0.2, 0.25) is 0 Å². The first-order valence-electron chi connectivity index (χ1n) is 10.3. The number of esters is 1. The smallest absolute Gasteiger partial charge is 0.308 e. The summed E-state index contributed by atoms with van der Waals surface area (Å²) in [7, 11) is -3.60. The van der Waals surface area contributed by atoms with Crippen LogP contribution in [0.1, 0.15) is 44.1 Å². The maximum absolute atomic E-state index is 12.2. The van der Waals surface area contributed by atoms with Gasteiger partial charge in [-0.15, -0.1) is 0 Å². The van der Waals surface area contributed by atoms with Crippen molar-refractivity contribution in [3.63, 3.8) is 0 Å². The highest BCUT2D eigenvalue weighted by atomic mass is 32.2. The molecule has 8 heteroatoms. The first-order chi connectivity index (χ1) is 14.0. The molecule has 0 aromatic heterocycles. The second-order valence-corrected chi connectivity index (χ2v) is 9.31. The molecule has 0 radical (unpaired) electrons. The van der Waals surface area contributed by atoms with E-state index in [2.05, 4.69) is 0 Å². The molecule has 0 N–H and O–H groups in total. The van der Waals surface area contributed by atoms with Gasteiger partial charge in [0.15, 0.2) is 6.29 Å². The summed E-state index contributed by atoms with van der Waals surface area (Å²) in [4.78, 5) is 12.2. The molecule has 1 heterocycles. The van der Waals surface area contributed by atoms with Gasteiger partial charge in [0.2, 0.25) is 0 Å². The van der Waals surface area contributed by atoms with Crippen molar-refractivity contribution in [2.45, 2.75) is 50.6 Å². The second kappa shape index (κ2) is 11.1. The molecule has 0 bridgehead atoms. The topological polar surface area (TPSA) is 88.1 Å². The molecule has 29 heavy (non-hydrogen) atoms. The Kier molecular flexibility index (Phi) is 8.47. The number of hydrogen-bond acceptors (Lipinski definition) is 7. The van der Waals surface area contributed by atoms with Crippen LogP contribution in [0.5, 0.6) is 0 Å². The number of hydrogen-bond donors (Lipinski definition) is 0. The lowest BCUT2D eigenvalue weighted by atomic mass is 9.82. The summed E-state index contributed by atoms with van der Waals surface area (Å²) in [6, 6.07) is 9.00. The van der Waals surface area contributed by atoms with Gasteiger partial charge in [-0.3, -0.25) is 8.98 Å². The predicted molar refractivity (Wildman–Crippen MR) is 106 cm³/mol. The zero-order valence-electron chi connectivity index (χ0n) is 16.7. The number of ether oxygens (including phenoxy) is 3. The molecule has 0 unspecified atom stereocenters. The van der Waals surface area contributed by atoms with E-state index in [1.807, 2.05) is 18.2 Å². The predicted octanol–water partition coefficient (Wildman–Crippen LogP) is 3.04. The van der Waals surface area contributed by atoms with Crippen LogP contribution in [0.25, 0.3) is 0 Å². The molecule has 1 aromatic carbocycles. The highest BCUT2D eigenvalue weighted by Gasteiger charge is 2.28. The molecule has 3 rings (SSSR count). The largest absolute Gasteiger partial charge is 0.465 e. The van der Waals surface area contributed by atoms with Crippen LogP contribution in [0.15, 0.2) is 30.3 Å². The van der Waals surface area contributed by atoms with Crippen molar-refractivity contribution < 1.29 is 31.6 Å². The molecule has 0 atom stereocenters. The summed E-state index contributed by atoms with van der Waals surface area (Å²) in [6.07, 6.45) is 4.24. The van der Waals surface area contributed by atoms with E-state index >= 15 is 0 Å². The maximum atomic E-state index is 12.2. The van der Waals surface area contributed by atoms with Crippen LogP contribution in [0.4, 0.5) is 0 Å². The minimum atomic E-state index is -3.60. The van der Waals surface area contributed by atoms with E-state index in [1.54, 1.807) is 12.1 Å². The van der Waals surface area contributed by atoms with E-state index < -0.39 is 10.1 Å². The van der Waals surface area contributed by atoms with Crippen LogP contribution >= 0.6 is 0 Å². The number of carbonyl (C=O) groups excluding carboxylic acids is 1. The molecule has 162 valence electrons. The zero-order chi connectivity index (χ0) is 20.5. The van der Waals surface area contributed by atoms with E-state index in [1.165, 1.54) is 0 Å². The normalized spacial score (nSPS) is 23.2. The SMILES string of the molecule is O=C(OCCCC1OCCO1)C1CCC(COS(=O)(=O)Cc2ccccc2)CC1. The molecule has 1 aromatic rings. The standard InChI is InChI=1S/C21H30O7S/c22-21(27-12-4-7-20-25-13-14-26-20)19-10-8-17(9-11-19)15-28-29(23,24)16-18-5-2-1-3-6-18/h1-3,5-6,17,19-20H,4,7-16H2.